The molecule has 0 aromatic heterocycles. The van der Waals surface area contributed by atoms with Gasteiger partial charge in [-0.15, -0.1) is 0 Å². The smallest absolute Gasteiger partial charge is 0.218 e. The van der Waals surface area contributed by atoms with Crippen LogP contribution < -0.4 is 11.1 Å². The van der Waals surface area contributed by atoms with Gasteiger partial charge in [0.05, 0.1) is 0 Å². The maximum Gasteiger partial charge on any atom is 0.218 e. The van der Waals surface area contributed by atoms with Crippen LogP contribution in [0.1, 0.15) is 31.9 Å². The van der Waals surface area contributed by atoms with Crippen molar-refractivity contribution in [2.75, 3.05) is 0 Å². The lowest BCUT2D eigenvalue weighted by Gasteiger charge is -2.19. The molecule has 0 radical (unpaired) electrons. The zero-order valence-electron chi connectivity index (χ0n) is 9.53. The second-order valence-corrected chi connectivity index (χ2v) is 4.01. The molecule has 1 amide bonds. The van der Waals surface area contributed by atoms with Crippen LogP contribution in [-0.2, 0) is 4.79 Å². The molecule has 0 fully saturated rings. The Hall–Kier alpha value is -1.42. The number of hydrogen-bond acceptors (Lipinski definition) is 2. The molecule has 88 valence electrons. The van der Waals surface area contributed by atoms with Gasteiger partial charge in [-0.3, -0.25) is 4.79 Å². The second-order valence-electron chi connectivity index (χ2n) is 4.01. The number of benzene rings is 1. The SMILES string of the molecule is CC(CC(N)=O)NC(C)c1cccc(F)c1. The molecule has 3 nitrogen and oxygen atoms in total. The van der Waals surface area contributed by atoms with E-state index in [0.717, 1.165) is 5.56 Å². The molecule has 3 N–H and O–H groups in total. The average molecular weight is 224 g/mol. The first kappa shape index (κ1) is 12.6. The first-order valence-corrected chi connectivity index (χ1v) is 5.29. The van der Waals surface area contributed by atoms with Crippen LogP contribution >= 0.6 is 0 Å². The Labute approximate surface area is 94.8 Å². The first-order chi connectivity index (χ1) is 7.49. The van der Waals surface area contributed by atoms with E-state index in [9.17, 15) is 9.18 Å². The van der Waals surface area contributed by atoms with Crippen molar-refractivity contribution in [1.82, 2.24) is 5.32 Å². The molecule has 1 aromatic carbocycles. The summed E-state index contributed by atoms with van der Waals surface area (Å²) >= 11 is 0. The molecule has 16 heavy (non-hydrogen) atoms. The summed E-state index contributed by atoms with van der Waals surface area (Å²) in [6, 6.07) is 6.37. The third-order valence-corrected chi connectivity index (χ3v) is 2.39. The Morgan fingerprint density at radius 2 is 2.19 bits per heavy atom. The van der Waals surface area contributed by atoms with Crippen LogP contribution in [0.3, 0.4) is 0 Å². The van der Waals surface area contributed by atoms with E-state index in [-0.39, 0.29) is 30.2 Å². The van der Waals surface area contributed by atoms with Crippen molar-refractivity contribution in [2.45, 2.75) is 32.4 Å². The van der Waals surface area contributed by atoms with Crippen molar-refractivity contribution < 1.29 is 9.18 Å². The quantitative estimate of drug-likeness (QED) is 0.800. The molecule has 0 aliphatic carbocycles. The molecule has 1 rings (SSSR count). The third kappa shape index (κ3) is 3.98. The van der Waals surface area contributed by atoms with Gasteiger partial charge in [0.25, 0.3) is 0 Å². The monoisotopic (exact) mass is 224 g/mol. The summed E-state index contributed by atoms with van der Waals surface area (Å²) in [7, 11) is 0. The van der Waals surface area contributed by atoms with E-state index in [1.165, 1.54) is 12.1 Å². The molecule has 0 bridgehead atoms. The van der Waals surface area contributed by atoms with Gasteiger partial charge >= 0.3 is 0 Å². The summed E-state index contributed by atoms with van der Waals surface area (Å²) < 4.78 is 13.0. The highest BCUT2D eigenvalue weighted by molar-refractivity contribution is 5.74. The molecule has 0 aliphatic rings. The summed E-state index contributed by atoms with van der Waals surface area (Å²) in [4.78, 5) is 10.7. The number of primary amides is 1. The number of hydrogen-bond donors (Lipinski definition) is 2. The Morgan fingerprint density at radius 1 is 1.50 bits per heavy atom. The maximum absolute atomic E-state index is 13.0. The van der Waals surface area contributed by atoms with E-state index in [2.05, 4.69) is 5.32 Å². The summed E-state index contributed by atoms with van der Waals surface area (Å²) in [5.74, 6) is -0.597. The van der Waals surface area contributed by atoms with Gasteiger partial charge in [-0.1, -0.05) is 12.1 Å². The van der Waals surface area contributed by atoms with Crippen molar-refractivity contribution in [3.05, 3.63) is 35.6 Å². The van der Waals surface area contributed by atoms with Gasteiger partial charge in [-0.05, 0) is 31.5 Å². The summed E-state index contributed by atoms with van der Waals surface area (Å²) in [5, 5.41) is 3.19. The number of rotatable bonds is 5. The van der Waals surface area contributed by atoms with Gasteiger partial charge in [0.1, 0.15) is 5.82 Å². The van der Waals surface area contributed by atoms with Crippen molar-refractivity contribution in [3.63, 3.8) is 0 Å². The topological polar surface area (TPSA) is 55.1 Å². The Bertz CT molecular complexity index is 368. The lowest BCUT2D eigenvalue weighted by Crippen LogP contribution is -2.32. The average Bonchev–Trinajstić information content (AvgIpc) is 2.16. The molecule has 0 spiro atoms. The lowest BCUT2D eigenvalue weighted by atomic mass is 10.1. The molecule has 2 unspecified atom stereocenters. The fourth-order valence-electron chi connectivity index (χ4n) is 1.66. The summed E-state index contributed by atoms with van der Waals surface area (Å²) in [6.45, 7) is 3.80. The van der Waals surface area contributed by atoms with E-state index in [1.807, 2.05) is 19.9 Å². The lowest BCUT2D eigenvalue weighted by molar-refractivity contribution is -0.118. The fraction of sp³-hybridized carbons (Fsp3) is 0.417. The van der Waals surface area contributed by atoms with E-state index in [1.54, 1.807) is 6.07 Å². The fourth-order valence-corrected chi connectivity index (χ4v) is 1.66. The Morgan fingerprint density at radius 3 is 2.75 bits per heavy atom. The van der Waals surface area contributed by atoms with E-state index >= 15 is 0 Å². The van der Waals surface area contributed by atoms with Crippen LogP contribution in [0.4, 0.5) is 4.39 Å². The highest BCUT2D eigenvalue weighted by atomic mass is 19.1. The normalized spacial score (nSPS) is 14.4. The van der Waals surface area contributed by atoms with Crippen LogP contribution in [0.2, 0.25) is 0 Å². The van der Waals surface area contributed by atoms with Crippen LogP contribution in [0, 0.1) is 5.82 Å². The van der Waals surface area contributed by atoms with E-state index < -0.39 is 0 Å². The minimum absolute atomic E-state index is 0.00921. The minimum Gasteiger partial charge on any atom is -0.370 e. The highest BCUT2D eigenvalue weighted by Crippen LogP contribution is 2.14. The van der Waals surface area contributed by atoms with Crippen molar-refractivity contribution in [2.24, 2.45) is 5.73 Å². The molecule has 0 saturated carbocycles. The van der Waals surface area contributed by atoms with Gasteiger partial charge in [0.2, 0.25) is 5.91 Å². The molecule has 2 atom stereocenters. The molecular formula is C12H17FN2O. The van der Waals surface area contributed by atoms with Crippen molar-refractivity contribution in [1.29, 1.82) is 0 Å². The maximum atomic E-state index is 13.0. The van der Waals surface area contributed by atoms with Gasteiger partial charge in [0, 0.05) is 18.5 Å². The number of carbonyl (C=O) groups is 1. The molecular weight excluding hydrogens is 207 g/mol. The van der Waals surface area contributed by atoms with E-state index in [0.29, 0.717) is 0 Å². The predicted octanol–water partition coefficient (Wildman–Crippen LogP) is 1.74. The molecule has 0 aliphatic heterocycles. The number of nitrogens with one attached hydrogen (secondary N) is 1. The zero-order valence-corrected chi connectivity index (χ0v) is 9.53. The van der Waals surface area contributed by atoms with Crippen LogP contribution in [-0.4, -0.2) is 11.9 Å². The van der Waals surface area contributed by atoms with Gasteiger partial charge < -0.3 is 11.1 Å². The molecule has 1 aromatic rings. The molecule has 4 heteroatoms. The van der Waals surface area contributed by atoms with Gasteiger partial charge in [0.15, 0.2) is 0 Å². The van der Waals surface area contributed by atoms with Crippen LogP contribution in [0.5, 0.6) is 0 Å². The Kier molecular flexibility index (Phi) is 4.43. The van der Waals surface area contributed by atoms with Crippen molar-refractivity contribution >= 4 is 5.91 Å². The number of carbonyl (C=O) groups excluding carboxylic acids is 1. The Balaban J connectivity index is 2.58. The second kappa shape index (κ2) is 5.61. The zero-order chi connectivity index (χ0) is 12.1. The van der Waals surface area contributed by atoms with Crippen LogP contribution in [0.15, 0.2) is 24.3 Å². The third-order valence-electron chi connectivity index (χ3n) is 2.39. The van der Waals surface area contributed by atoms with E-state index in [4.69, 9.17) is 5.73 Å². The summed E-state index contributed by atoms with van der Waals surface area (Å²) in [5.41, 5.74) is 5.95. The first-order valence-electron chi connectivity index (χ1n) is 5.29. The van der Waals surface area contributed by atoms with Crippen LogP contribution in [0.25, 0.3) is 0 Å². The number of amides is 1. The van der Waals surface area contributed by atoms with Gasteiger partial charge in [-0.25, -0.2) is 4.39 Å². The minimum atomic E-state index is -0.341. The number of nitrogens with two attached hydrogens (primary N) is 1. The molecule has 0 heterocycles. The highest BCUT2D eigenvalue weighted by Gasteiger charge is 2.11. The largest absolute Gasteiger partial charge is 0.370 e. The number of halogens is 1. The van der Waals surface area contributed by atoms with Crippen molar-refractivity contribution in [3.8, 4) is 0 Å². The standard InChI is InChI=1S/C12H17FN2O/c1-8(6-12(14)16)15-9(2)10-4-3-5-11(13)7-10/h3-5,7-9,15H,6H2,1-2H3,(H2,14,16). The molecule has 0 saturated heterocycles. The predicted molar refractivity (Wildman–Crippen MR) is 61.2 cm³/mol. The van der Waals surface area contributed by atoms with Gasteiger partial charge in [-0.2, -0.15) is 0 Å². The summed E-state index contributed by atoms with van der Waals surface area (Å²) in [6.07, 6.45) is 0.277.